The van der Waals surface area contributed by atoms with Crippen LogP contribution < -0.4 is 10.6 Å². The fourth-order valence-electron chi connectivity index (χ4n) is 3.42. The molecule has 4 rings (SSSR count). The fourth-order valence-corrected chi connectivity index (χ4v) is 3.42. The van der Waals surface area contributed by atoms with Crippen molar-refractivity contribution < 1.29 is 9.53 Å². The maximum absolute atomic E-state index is 12.8. The summed E-state index contributed by atoms with van der Waals surface area (Å²) in [7, 11) is 0. The van der Waals surface area contributed by atoms with Gasteiger partial charge in [0.15, 0.2) is 0 Å². The largest absolute Gasteiger partial charge is 0.466 e. The number of esters is 1. The Bertz CT molecular complexity index is 1170. The maximum Gasteiger partial charge on any atom is 0.313 e. The number of rotatable bonds is 9. The average molecular weight is 440 g/mol. The average Bonchev–Trinajstić information content (AvgIpc) is 2.85. The van der Waals surface area contributed by atoms with E-state index in [9.17, 15) is 4.79 Å². The Morgan fingerprint density at radius 1 is 0.909 bits per heavy atom. The number of hydrogen-bond donors (Lipinski definition) is 2. The second-order valence-electron chi connectivity index (χ2n) is 7.34. The number of carbonyl (C=O) groups is 1. The quantitative estimate of drug-likeness (QED) is 0.344. The summed E-state index contributed by atoms with van der Waals surface area (Å²) < 4.78 is 5.35. The fraction of sp³-hybridized carbons (Fsp3) is 0.154. The van der Waals surface area contributed by atoms with Crippen LogP contribution in [-0.2, 0) is 16.0 Å². The van der Waals surface area contributed by atoms with Crippen LogP contribution in [0.15, 0.2) is 91.4 Å². The molecule has 0 aliphatic carbocycles. The zero-order valence-electron chi connectivity index (χ0n) is 18.3. The molecule has 4 aromatic rings. The van der Waals surface area contributed by atoms with Crippen LogP contribution in [0.3, 0.4) is 0 Å². The molecule has 1 atom stereocenters. The van der Waals surface area contributed by atoms with Crippen LogP contribution in [0, 0.1) is 0 Å². The van der Waals surface area contributed by atoms with Crippen LogP contribution in [0.4, 0.5) is 23.1 Å². The van der Waals surface area contributed by atoms with Crippen molar-refractivity contribution in [1.82, 2.24) is 15.0 Å². The Hall–Kier alpha value is -4.26. The number of anilines is 4. The second-order valence-corrected chi connectivity index (χ2v) is 7.34. The highest BCUT2D eigenvalue weighted by Gasteiger charge is 2.25. The van der Waals surface area contributed by atoms with Gasteiger partial charge in [-0.25, -0.2) is 4.98 Å². The van der Waals surface area contributed by atoms with Gasteiger partial charge in [-0.15, -0.1) is 0 Å². The van der Waals surface area contributed by atoms with Gasteiger partial charge in [0, 0.05) is 35.5 Å². The molecule has 2 aromatic carbocycles. The molecule has 0 spiro atoms. The van der Waals surface area contributed by atoms with Gasteiger partial charge in [-0.1, -0.05) is 42.5 Å². The van der Waals surface area contributed by atoms with Crippen LogP contribution >= 0.6 is 0 Å². The van der Waals surface area contributed by atoms with E-state index in [0.29, 0.717) is 24.8 Å². The molecule has 33 heavy (non-hydrogen) atoms. The molecule has 7 heteroatoms. The van der Waals surface area contributed by atoms with Gasteiger partial charge in [-0.2, -0.15) is 4.98 Å². The second kappa shape index (κ2) is 10.9. The zero-order valence-corrected chi connectivity index (χ0v) is 18.3. The molecule has 0 saturated carbocycles. The number of hydrogen-bond acceptors (Lipinski definition) is 7. The lowest BCUT2D eigenvalue weighted by molar-refractivity contribution is -0.144. The summed E-state index contributed by atoms with van der Waals surface area (Å²) >= 11 is 0. The van der Waals surface area contributed by atoms with E-state index < -0.39 is 5.92 Å². The van der Waals surface area contributed by atoms with E-state index in [0.717, 1.165) is 22.5 Å². The van der Waals surface area contributed by atoms with E-state index in [1.54, 1.807) is 25.5 Å². The number of nitrogens with one attached hydrogen (secondary N) is 2. The van der Waals surface area contributed by atoms with Gasteiger partial charge in [-0.3, -0.25) is 9.78 Å². The third-order valence-corrected chi connectivity index (χ3v) is 5.01. The standard InChI is InChI=1S/C26H25N5O2/c1-2-33-25(32)23(19-10-9-15-27-17-19)16-20-18-28-26(30-22-13-7-4-8-14-22)31-24(20)29-21-11-5-3-6-12-21/h3-15,17-18,23H,2,16H2,1H3,(H2,28,29,30,31). The molecule has 7 nitrogen and oxygen atoms in total. The van der Waals surface area contributed by atoms with Crippen molar-refractivity contribution in [2.24, 2.45) is 0 Å². The summed E-state index contributed by atoms with van der Waals surface area (Å²) in [5, 5.41) is 6.59. The van der Waals surface area contributed by atoms with Gasteiger partial charge < -0.3 is 15.4 Å². The molecule has 1 unspecified atom stereocenters. The van der Waals surface area contributed by atoms with E-state index in [1.165, 1.54) is 0 Å². The number of aromatic nitrogens is 3. The Labute approximate surface area is 192 Å². The molecule has 2 N–H and O–H groups in total. The predicted molar refractivity (Wildman–Crippen MR) is 129 cm³/mol. The van der Waals surface area contributed by atoms with Crippen LogP contribution in [-0.4, -0.2) is 27.5 Å². The molecule has 2 aromatic heterocycles. The van der Waals surface area contributed by atoms with Crippen LogP contribution in [0.5, 0.6) is 0 Å². The Kier molecular flexibility index (Phi) is 7.22. The first-order valence-electron chi connectivity index (χ1n) is 10.8. The van der Waals surface area contributed by atoms with E-state index in [-0.39, 0.29) is 5.97 Å². The number of pyridine rings is 1. The number of carbonyl (C=O) groups excluding carboxylic acids is 1. The molecule has 0 amide bonds. The van der Waals surface area contributed by atoms with E-state index in [1.807, 2.05) is 72.8 Å². The zero-order chi connectivity index (χ0) is 22.9. The highest BCUT2D eigenvalue weighted by atomic mass is 16.5. The molecular formula is C26H25N5O2. The van der Waals surface area contributed by atoms with Crippen LogP contribution in [0.1, 0.15) is 24.0 Å². The van der Waals surface area contributed by atoms with Crippen molar-refractivity contribution in [1.29, 1.82) is 0 Å². The van der Waals surface area contributed by atoms with Gasteiger partial charge in [0.25, 0.3) is 0 Å². The van der Waals surface area contributed by atoms with Gasteiger partial charge in [-0.05, 0) is 49.2 Å². The summed E-state index contributed by atoms with van der Waals surface area (Å²) in [6.45, 7) is 2.11. The Morgan fingerprint density at radius 3 is 2.24 bits per heavy atom. The lowest BCUT2D eigenvalue weighted by Crippen LogP contribution is -2.19. The van der Waals surface area contributed by atoms with Gasteiger partial charge in [0.2, 0.25) is 5.95 Å². The minimum atomic E-state index is -0.522. The third-order valence-electron chi connectivity index (χ3n) is 5.01. The Morgan fingerprint density at radius 2 is 1.61 bits per heavy atom. The molecule has 0 aliphatic heterocycles. The highest BCUT2D eigenvalue weighted by Crippen LogP contribution is 2.28. The molecule has 0 saturated heterocycles. The topological polar surface area (TPSA) is 89.0 Å². The number of para-hydroxylation sites is 2. The van der Waals surface area contributed by atoms with Crippen molar-refractivity contribution in [3.63, 3.8) is 0 Å². The molecule has 0 radical (unpaired) electrons. The molecule has 0 fully saturated rings. The normalized spacial score (nSPS) is 11.4. The maximum atomic E-state index is 12.8. The molecular weight excluding hydrogens is 414 g/mol. The smallest absolute Gasteiger partial charge is 0.313 e. The minimum absolute atomic E-state index is 0.303. The van der Waals surface area contributed by atoms with Crippen molar-refractivity contribution in [2.75, 3.05) is 17.2 Å². The van der Waals surface area contributed by atoms with E-state index in [4.69, 9.17) is 9.72 Å². The van der Waals surface area contributed by atoms with Gasteiger partial charge in [0.05, 0.1) is 12.5 Å². The van der Waals surface area contributed by atoms with Gasteiger partial charge >= 0.3 is 5.97 Å². The summed E-state index contributed by atoms with van der Waals surface area (Å²) in [5.74, 6) is 0.249. The number of ether oxygens (including phenoxy) is 1. The highest BCUT2D eigenvalue weighted by molar-refractivity contribution is 5.79. The molecule has 166 valence electrons. The van der Waals surface area contributed by atoms with Crippen molar-refractivity contribution in [3.05, 3.63) is 103 Å². The Balaban J connectivity index is 1.68. The SMILES string of the molecule is CCOC(=O)C(Cc1cnc(Nc2ccccc2)nc1Nc1ccccc1)c1cccnc1. The first-order chi connectivity index (χ1) is 16.2. The summed E-state index contributed by atoms with van der Waals surface area (Å²) in [6, 6.07) is 23.2. The number of nitrogens with zero attached hydrogens (tertiary/aromatic N) is 3. The monoisotopic (exact) mass is 439 g/mol. The van der Waals surface area contributed by atoms with E-state index >= 15 is 0 Å². The number of benzene rings is 2. The summed E-state index contributed by atoms with van der Waals surface area (Å²) in [4.78, 5) is 26.2. The van der Waals surface area contributed by atoms with Crippen LogP contribution in [0.2, 0.25) is 0 Å². The van der Waals surface area contributed by atoms with Crippen molar-refractivity contribution >= 4 is 29.1 Å². The molecule has 0 aliphatic rings. The van der Waals surface area contributed by atoms with Crippen molar-refractivity contribution in [3.8, 4) is 0 Å². The van der Waals surface area contributed by atoms with Crippen LogP contribution in [0.25, 0.3) is 0 Å². The summed E-state index contributed by atoms with van der Waals surface area (Å²) in [5.41, 5.74) is 3.35. The first-order valence-corrected chi connectivity index (χ1v) is 10.8. The van der Waals surface area contributed by atoms with Gasteiger partial charge in [0.1, 0.15) is 5.82 Å². The first kappa shape index (κ1) is 22.0. The minimum Gasteiger partial charge on any atom is -0.466 e. The lowest BCUT2D eigenvalue weighted by Gasteiger charge is -2.18. The third kappa shape index (κ3) is 5.92. The molecule has 0 bridgehead atoms. The van der Waals surface area contributed by atoms with E-state index in [2.05, 4.69) is 20.6 Å². The molecule has 2 heterocycles. The van der Waals surface area contributed by atoms with Crippen molar-refractivity contribution in [2.45, 2.75) is 19.3 Å². The summed E-state index contributed by atoms with van der Waals surface area (Å²) in [6.07, 6.45) is 5.48. The predicted octanol–water partition coefficient (Wildman–Crippen LogP) is 5.25. The lowest BCUT2D eigenvalue weighted by atomic mass is 9.94.